The average molecular weight is 214 g/mol. The first kappa shape index (κ1) is 12.9. The number of rotatable bonds is 6. The van der Waals surface area contributed by atoms with Gasteiger partial charge in [-0.1, -0.05) is 13.3 Å². The molecule has 1 unspecified atom stereocenters. The van der Waals surface area contributed by atoms with E-state index in [0.717, 1.165) is 12.6 Å². The van der Waals surface area contributed by atoms with Crippen LogP contribution in [0.2, 0.25) is 0 Å². The maximum absolute atomic E-state index is 5.67. The molecule has 2 N–H and O–H groups in total. The fourth-order valence-electron chi connectivity index (χ4n) is 2.32. The van der Waals surface area contributed by atoms with E-state index in [4.69, 9.17) is 10.5 Å². The Kier molecular flexibility index (Phi) is 6.22. The minimum Gasteiger partial charge on any atom is -0.377 e. The summed E-state index contributed by atoms with van der Waals surface area (Å²) in [6.07, 6.45) is 5.40. The van der Waals surface area contributed by atoms with E-state index in [9.17, 15) is 0 Å². The van der Waals surface area contributed by atoms with Crippen LogP contribution >= 0.6 is 0 Å². The van der Waals surface area contributed by atoms with Crippen LogP contribution in [0, 0.1) is 0 Å². The Hall–Kier alpha value is -0.120. The number of hydrogen-bond acceptors (Lipinski definition) is 3. The summed E-state index contributed by atoms with van der Waals surface area (Å²) in [5, 5.41) is 0. The van der Waals surface area contributed by atoms with Crippen molar-refractivity contribution in [3.8, 4) is 0 Å². The van der Waals surface area contributed by atoms with Gasteiger partial charge in [0.05, 0.1) is 12.7 Å². The number of nitrogens with zero attached hydrogens (tertiary/aromatic N) is 1. The molecule has 90 valence electrons. The Labute approximate surface area is 94.0 Å². The van der Waals surface area contributed by atoms with E-state index < -0.39 is 0 Å². The van der Waals surface area contributed by atoms with Gasteiger partial charge in [-0.15, -0.1) is 0 Å². The van der Waals surface area contributed by atoms with Crippen molar-refractivity contribution in [3.63, 3.8) is 0 Å². The molecule has 1 aliphatic rings. The summed E-state index contributed by atoms with van der Waals surface area (Å²) in [4.78, 5) is 2.59. The zero-order valence-electron chi connectivity index (χ0n) is 10.2. The molecule has 0 bridgehead atoms. The van der Waals surface area contributed by atoms with Gasteiger partial charge in [-0.25, -0.2) is 0 Å². The van der Waals surface area contributed by atoms with Crippen LogP contribution < -0.4 is 5.73 Å². The third-order valence-electron chi connectivity index (χ3n) is 3.28. The van der Waals surface area contributed by atoms with Crippen molar-refractivity contribution < 1.29 is 4.74 Å². The molecule has 3 nitrogen and oxygen atoms in total. The summed E-state index contributed by atoms with van der Waals surface area (Å²) in [5.41, 5.74) is 5.43. The summed E-state index contributed by atoms with van der Waals surface area (Å²) < 4.78 is 5.67. The van der Waals surface area contributed by atoms with Crippen LogP contribution in [0.25, 0.3) is 0 Å². The lowest BCUT2D eigenvalue weighted by atomic mass is 10.0. The third kappa shape index (κ3) is 4.49. The lowest BCUT2D eigenvalue weighted by molar-refractivity contribution is 0.00251. The van der Waals surface area contributed by atoms with Gasteiger partial charge in [-0.2, -0.15) is 0 Å². The molecule has 0 spiro atoms. The number of hydrogen-bond donors (Lipinski definition) is 1. The highest BCUT2D eigenvalue weighted by atomic mass is 16.5. The Balaban J connectivity index is 2.17. The van der Waals surface area contributed by atoms with Gasteiger partial charge in [0.25, 0.3) is 0 Å². The van der Waals surface area contributed by atoms with Crippen LogP contribution in [0.1, 0.15) is 39.5 Å². The molecule has 1 atom stereocenters. The highest BCUT2D eigenvalue weighted by Gasteiger charge is 2.22. The highest BCUT2D eigenvalue weighted by Crippen LogP contribution is 2.17. The minimum atomic E-state index is 0.457. The first-order valence-electron chi connectivity index (χ1n) is 6.33. The quantitative estimate of drug-likeness (QED) is 0.730. The lowest BCUT2D eigenvalue weighted by Gasteiger charge is -2.35. The smallest absolute Gasteiger partial charge is 0.0600 e. The monoisotopic (exact) mass is 214 g/mol. The predicted molar refractivity (Wildman–Crippen MR) is 64.0 cm³/mol. The minimum absolute atomic E-state index is 0.457. The Morgan fingerprint density at radius 3 is 2.60 bits per heavy atom. The van der Waals surface area contributed by atoms with Crippen molar-refractivity contribution in [3.05, 3.63) is 0 Å². The summed E-state index contributed by atoms with van der Waals surface area (Å²) in [6.45, 7) is 8.34. The van der Waals surface area contributed by atoms with Gasteiger partial charge >= 0.3 is 0 Å². The van der Waals surface area contributed by atoms with E-state index in [-0.39, 0.29) is 0 Å². The van der Waals surface area contributed by atoms with E-state index in [0.29, 0.717) is 12.6 Å². The van der Waals surface area contributed by atoms with Crippen LogP contribution in [-0.2, 0) is 4.74 Å². The zero-order valence-corrected chi connectivity index (χ0v) is 10.2. The molecule has 0 aromatic rings. The van der Waals surface area contributed by atoms with Crippen molar-refractivity contribution in [2.45, 2.75) is 51.7 Å². The fourth-order valence-corrected chi connectivity index (χ4v) is 2.32. The van der Waals surface area contributed by atoms with Crippen LogP contribution in [-0.4, -0.2) is 43.3 Å². The van der Waals surface area contributed by atoms with E-state index in [1.54, 1.807) is 0 Å². The highest BCUT2D eigenvalue weighted by molar-refractivity contribution is 4.76. The topological polar surface area (TPSA) is 38.5 Å². The van der Waals surface area contributed by atoms with Gasteiger partial charge < -0.3 is 15.4 Å². The molecule has 0 radical (unpaired) electrons. The van der Waals surface area contributed by atoms with Crippen LogP contribution in [0.15, 0.2) is 0 Å². The maximum Gasteiger partial charge on any atom is 0.0600 e. The van der Waals surface area contributed by atoms with Gasteiger partial charge in [-0.05, 0) is 26.2 Å². The molecule has 1 heterocycles. The molecule has 1 rings (SSSR count). The summed E-state index contributed by atoms with van der Waals surface area (Å²) in [7, 11) is 0. The number of nitrogens with two attached hydrogens (primary N) is 1. The van der Waals surface area contributed by atoms with E-state index in [1.165, 1.54) is 38.8 Å². The largest absolute Gasteiger partial charge is 0.377 e. The van der Waals surface area contributed by atoms with Crippen molar-refractivity contribution in [2.75, 3.05) is 26.2 Å². The summed E-state index contributed by atoms with van der Waals surface area (Å²) >= 11 is 0. The average Bonchev–Trinajstić information content (AvgIpc) is 2.27. The Morgan fingerprint density at radius 1 is 1.40 bits per heavy atom. The van der Waals surface area contributed by atoms with E-state index in [2.05, 4.69) is 18.7 Å². The second-order valence-corrected chi connectivity index (χ2v) is 4.53. The van der Waals surface area contributed by atoms with Crippen molar-refractivity contribution in [2.24, 2.45) is 5.73 Å². The van der Waals surface area contributed by atoms with Gasteiger partial charge in [-0.3, -0.25) is 0 Å². The molecular weight excluding hydrogens is 188 g/mol. The van der Waals surface area contributed by atoms with Crippen molar-refractivity contribution in [1.29, 1.82) is 0 Å². The zero-order chi connectivity index (χ0) is 11.1. The first-order valence-corrected chi connectivity index (χ1v) is 6.33. The molecule has 0 aliphatic carbocycles. The standard InChI is InChI=1S/C12H26N2O/c1-3-4-11(2)14-8-5-12(6-9-14)15-10-7-13/h11-12H,3-10,13H2,1-2H3. The lowest BCUT2D eigenvalue weighted by Crippen LogP contribution is -2.42. The van der Waals surface area contributed by atoms with Gasteiger partial charge in [0.15, 0.2) is 0 Å². The van der Waals surface area contributed by atoms with E-state index in [1.807, 2.05) is 0 Å². The SMILES string of the molecule is CCCC(C)N1CCC(OCCN)CC1. The second kappa shape index (κ2) is 7.20. The number of piperidine rings is 1. The van der Waals surface area contributed by atoms with Gasteiger partial charge in [0.1, 0.15) is 0 Å². The Bertz CT molecular complexity index is 156. The normalized spacial score (nSPS) is 21.8. The first-order chi connectivity index (χ1) is 7.27. The van der Waals surface area contributed by atoms with Crippen LogP contribution in [0.3, 0.4) is 0 Å². The van der Waals surface area contributed by atoms with Gasteiger partial charge in [0.2, 0.25) is 0 Å². The molecule has 0 aromatic carbocycles. The van der Waals surface area contributed by atoms with E-state index >= 15 is 0 Å². The van der Waals surface area contributed by atoms with Crippen LogP contribution in [0.4, 0.5) is 0 Å². The third-order valence-corrected chi connectivity index (χ3v) is 3.28. The summed E-state index contributed by atoms with van der Waals surface area (Å²) in [6, 6.07) is 0.741. The van der Waals surface area contributed by atoms with Gasteiger partial charge in [0, 0.05) is 25.7 Å². The number of ether oxygens (including phenoxy) is 1. The summed E-state index contributed by atoms with van der Waals surface area (Å²) in [5.74, 6) is 0. The molecule has 15 heavy (non-hydrogen) atoms. The molecule has 3 heteroatoms. The molecule has 1 aliphatic heterocycles. The maximum atomic E-state index is 5.67. The predicted octanol–water partition coefficient (Wildman–Crippen LogP) is 1.61. The molecule has 1 fully saturated rings. The van der Waals surface area contributed by atoms with Crippen molar-refractivity contribution in [1.82, 2.24) is 4.90 Å². The van der Waals surface area contributed by atoms with Crippen molar-refractivity contribution >= 4 is 0 Å². The molecule has 1 saturated heterocycles. The molecular formula is C12H26N2O. The molecule has 0 amide bonds. The number of likely N-dealkylation sites (tertiary alicyclic amines) is 1. The molecule has 0 aromatic heterocycles. The molecule has 0 saturated carbocycles. The fraction of sp³-hybridized carbons (Fsp3) is 1.00. The van der Waals surface area contributed by atoms with Crippen LogP contribution in [0.5, 0.6) is 0 Å². The Morgan fingerprint density at radius 2 is 2.07 bits per heavy atom. The second-order valence-electron chi connectivity index (χ2n) is 4.53.